The van der Waals surface area contributed by atoms with Gasteiger partial charge in [0.2, 0.25) is 11.8 Å². The maximum atomic E-state index is 14.4. The van der Waals surface area contributed by atoms with E-state index >= 15 is 0 Å². The predicted molar refractivity (Wildman–Crippen MR) is 473 cm³/mol. The summed E-state index contributed by atoms with van der Waals surface area (Å²) in [6.07, 6.45) is 17.9. The van der Waals surface area contributed by atoms with Gasteiger partial charge in [-0.05, 0) is 126 Å². The highest BCUT2D eigenvalue weighted by atomic mass is 16.8. The first-order valence-electron chi connectivity index (χ1n) is 47.2. The number of rotatable bonds is 17. The van der Waals surface area contributed by atoms with Crippen LogP contribution in [0.1, 0.15) is 195 Å². The SMILES string of the molecule is CC[C@H](C)[C@H]1O[C@]2(C=C[C@@H]1C)C[C@@H]1C[C@@H](C/C=C(\C)[C@@H](O[C@H]3C[C@H](OC)[C@@H](O[C@H]4C[C@H](OC)[C@H](NC(C)=O)[C@H](C)O4)[C@H](C)O3)[C@@H](C)/C=C/C=C3\CO[C@@H]4[C@H](O)C(C)=C[C@@H](C(=O)O1)[C@]34O)O2.CO[C@H]1C[C@H](O[C@H]2[C@H](C)O[C@@H](O[C@@H]3/C(C)=C\C[C@@H]4C[C@@H](C[C@]5(C=C[C@H](C)[C@@H](C(C)C)O5)O4)OC(=O)[C@@H]4C=C(C)[C@@H](O)[C@H]5OCC(=C/C=C\[C@@H]3C)[C@]54O)C[C@@H]2OC)O[C@@H](C)[C@H]1NC(C)=O. The van der Waals surface area contributed by atoms with Crippen LogP contribution >= 0.6 is 0 Å². The van der Waals surface area contributed by atoms with Gasteiger partial charge in [0.05, 0.1) is 111 Å². The molecule has 0 saturated carbocycles. The second-order valence-corrected chi connectivity index (χ2v) is 39.2. The molecule has 4 bridgehead atoms. The van der Waals surface area contributed by atoms with Crippen LogP contribution in [0.3, 0.4) is 0 Å². The summed E-state index contributed by atoms with van der Waals surface area (Å²) in [5, 5.41) is 53.4. The lowest BCUT2D eigenvalue weighted by molar-refractivity contribution is -0.311. The third-order valence-electron chi connectivity index (χ3n) is 29.3. The lowest BCUT2D eigenvalue weighted by Crippen LogP contribution is -2.58. The Balaban J connectivity index is 0.000000220. The van der Waals surface area contributed by atoms with Crippen LogP contribution in [0.2, 0.25) is 0 Å². The second-order valence-electron chi connectivity index (χ2n) is 39.2. The first-order chi connectivity index (χ1) is 61.2. The van der Waals surface area contributed by atoms with Crippen LogP contribution in [-0.4, -0.2) is 280 Å². The summed E-state index contributed by atoms with van der Waals surface area (Å²) in [6.45, 7) is 35.2. The molecule has 12 aliphatic heterocycles. The fourth-order valence-electron chi connectivity index (χ4n) is 21.9. The summed E-state index contributed by atoms with van der Waals surface area (Å²) in [5.74, 6) is -5.56. The summed E-state index contributed by atoms with van der Waals surface area (Å²) in [7, 11) is 6.54. The Morgan fingerprint density at radius 3 is 1.23 bits per heavy atom. The van der Waals surface area contributed by atoms with Crippen molar-refractivity contribution < 1.29 is 134 Å². The number of esters is 2. The highest BCUT2D eigenvalue weighted by Gasteiger charge is 2.63. The Bertz CT molecular complexity index is 4190. The molecule has 0 aromatic heterocycles. The average Bonchev–Trinajstić information content (AvgIpc) is 1.60. The normalized spacial score (nSPS) is 47.0. The van der Waals surface area contributed by atoms with Crippen molar-refractivity contribution in [1.82, 2.24) is 10.6 Å². The van der Waals surface area contributed by atoms with Gasteiger partial charge in [-0.3, -0.25) is 19.2 Å². The first kappa shape index (κ1) is 101. The third-order valence-corrected chi connectivity index (χ3v) is 29.3. The first-order valence-corrected chi connectivity index (χ1v) is 47.2. The standard InChI is InChI=1S/C50H75NO14.C49H73NO14/c1-12-26(2)45-29(5)18-19-49(65-45)24-36-21-35(64-49)17-16-28(4)44(27(3)14-13-15-34-25-58-47-43(53)30(6)20-37(48(54)61-36)50(34,47)55)62-41-23-39(57-11)46(32(8)60-41)63-40-22-38(56-10)42(31(7)59-40)51-33(9)52;1-25(2)43-28(5)17-18-48(64-43)23-35-20-34(63-48)16-15-27(4)44(26(3)13-12-14-33-24-57-46-42(52)29(6)19-36(47(53)60-35)49(33,46)54)61-40-22-38(56-11)45(31(8)59-40)62-39-21-37(55-10)41(30(7)58-39)50-32(9)51/h13-16,18-20,26-27,29,31-32,35-47,53,55H,12,17,21-25H2,1-11H3,(H,51,52);12-15,17-19,25-26,28,30-31,34-46,52,54H,16,20-24H2,1-11H3,(H,50,51)/b14-13+,28-16+,34-15+;13-12-,27-15-,33-14?/t26-,27-,29-,31-,32-,35+,36-,37-,38-,39-,40-,41-,42+,43+,44-,45+,46-,47+,49+,50+;26-,28-,30-,31-,34+,35-,36-,37-,38-,39-,40-,41+,42+,43+,44-,45-,46+,48+,49+/m00/s1. The molecule has 722 valence electrons. The molecule has 2 aliphatic carbocycles. The van der Waals surface area contributed by atoms with Crippen molar-refractivity contribution in [1.29, 1.82) is 0 Å². The van der Waals surface area contributed by atoms with Crippen LogP contribution in [0.5, 0.6) is 0 Å². The highest BCUT2D eigenvalue weighted by molar-refractivity contribution is 5.80. The minimum Gasteiger partial charge on any atom is -0.462 e. The zero-order valence-electron chi connectivity index (χ0n) is 79.6. The molecule has 39 atom stereocenters. The summed E-state index contributed by atoms with van der Waals surface area (Å²) in [6, 6.07) is -0.629. The Hall–Kier alpha value is -5.60. The number of amides is 2. The van der Waals surface area contributed by atoms with Crippen LogP contribution in [0.15, 0.2) is 119 Å². The number of allylic oxidation sites excluding steroid dienone is 4. The van der Waals surface area contributed by atoms with E-state index in [-0.39, 0.29) is 122 Å². The van der Waals surface area contributed by atoms with E-state index in [1.54, 1.807) is 66.6 Å². The van der Waals surface area contributed by atoms with Crippen LogP contribution in [0.4, 0.5) is 0 Å². The van der Waals surface area contributed by atoms with Crippen LogP contribution < -0.4 is 10.6 Å². The summed E-state index contributed by atoms with van der Waals surface area (Å²) >= 11 is 0. The van der Waals surface area contributed by atoms with Crippen molar-refractivity contribution in [2.45, 2.75) is 390 Å². The molecule has 0 aromatic rings. The van der Waals surface area contributed by atoms with Crippen molar-refractivity contribution in [3.05, 3.63) is 119 Å². The fourth-order valence-corrected chi connectivity index (χ4v) is 21.9. The summed E-state index contributed by atoms with van der Waals surface area (Å²) in [5.41, 5.74) is 0.228. The summed E-state index contributed by atoms with van der Waals surface area (Å²) in [4.78, 5) is 52.5. The molecule has 8 saturated heterocycles. The smallest absolute Gasteiger partial charge is 0.316 e. The van der Waals surface area contributed by atoms with Gasteiger partial charge in [0, 0.05) is 117 Å². The molecule has 14 aliphatic rings. The zero-order chi connectivity index (χ0) is 93.2. The Labute approximate surface area is 762 Å². The van der Waals surface area contributed by atoms with Gasteiger partial charge in [0.1, 0.15) is 71.9 Å². The van der Waals surface area contributed by atoms with Gasteiger partial charge >= 0.3 is 11.9 Å². The molecule has 14 rings (SSSR count). The van der Waals surface area contributed by atoms with Gasteiger partial charge in [0.15, 0.2) is 36.7 Å². The van der Waals surface area contributed by atoms with E-state index in [1.807, 2.05) is 78.0 Å². The predicted octanol–water partition coefficient (Wildman–Crippen LogP) is 10.7. The Morgan fingerprint density at radius 2 is 0.853 bits per heavy atom. The van der Waals surface area contributed by atoms with E-state index in [0.29, 0.717) is 73.7 Å². The molecular weight excluding hydrogens is 1670 g/mol. The molecule has 12 heterocycles. The van der Waals surface area contributed by atoms with Gasteiger partial charge in [-0.15, -0.1) is 0 Å². The fraction of sp³-hybridized carbons (Fsp3) is 0.758. The molecule has 30 nitrogen and oxygen atoms in total. The molecule has 0 radical (unpaired) electrons. The van der Waals surface area contributed by atoms with E-state index in [1.165, 1.54) is 13.8 Å². The highest BCUT2D eigenvalue weighted by Crippen LogP contribution is 2.51. The number of aliphatic hydroxyl groups is 4. The van der Waals surface area contributed by atoms with Crippen molar-refractivity contribution >= 4 is 23.8 Å². The lowest BCUT2D eigenvalue weighted by Gasteiger charge is -2.48. The molecule has 0 unspecified atom stereocenters. The van der Waals surface area contributed by atoms with Crippen LogP contribution in [0, 0.1) is 47.3 Å². The largest absolute Gasteiger partial charge is 0.462 e. The topological polar surface area (TPSA) is 358 Å². The number of fused-ring (bicyclic) bond motifs is 4. The van der Waals surface area contributed by atoms with Crippen molar-refractivity contribution in [2.75, 3.05) is 41.7 Å². The number of hydrogen-bond donors (Lipinski definition) is 6. The Morgan fingerprint density at radius 1 is 0.481 bits per heavy atom. The number of carbonyl (C=O) groups is 4. The number of carbonyl (C=O) groups excluding carboxylic acids is 4. The maximum absolute atomic E-state index is 14.4. The zero-order valence-corrected chi connectivity index (χ0v) is 79.6. The lowest BCUT2D eigenvalue weighted by atomic mass is 9.71. The quantitative estimate of drug-likeness (QED) is 0.0582. The molecular formula is C99H148N2O28. The monoisotopic (exact) mass is 1810 g/mol. The van der Waals surface area contributed by atoms with Crippen molar-refractivity contribution in [2.24, 2.45) is 47.3 Å². The molecule has 6 N–H and O–H groups in total. The van der Waals surface area contributed by atoms with Gasteiger partial charge in [-0.25, -0.2) is 0 Å². The van der Waals surface area contributed by atoms with Gasteiger partial charge in [0.25, 0.3) is 0 Å². The number of aliphatic hydroxyl groups excluding tert-OH is 2. The molecule has 2 amide bonds. The van der Waals surface area contributed by atoms with Crippen molar-refractivity contribution in [3.63, 3.8) is 0 Å². The minimum atomic E-state index is -1.84. The minimum absolute atomic E-state index is 0.0266. The van der Waals surface area contributed by atoms with Crippen molar-refractivity contribution in [3.8, 4) is 0 Å². The number of hydrogen-bond acceptors (Lipinski definition) is 28. The molecule has 2 spiro atoms. The number of nitrogens with one attached hydrogen (secondary N) is 2. The number of ether oxygens (including phenoxy) is 20. The van der Waals surface area contributed by atoms with E-state index in [0.717, 1.165) is 17.6 Å². The maximum Gasteiger partial charge on any atom is 0.316 e. The number of methoxy groups -OCH3 is 4. The van der Waals surface area contributed by atoms with E-state index in [4.69, 9.17) is 94.7 Å². The summed E-state index contributed by atoms with van der Waals surface area (Å²) < 4.78 is 129. The van der Waals surface area contributed by atoms with E-state index in [2.05, 4.69) is 90.3 Å². The van der Waals surface area contributed by atoms with Gasteiger partial charge in [-0.2, -0.15) is 0 Å². The molecule has 8 fully saturated rings. The van der Waals surface area contributed by atoms with Crippen LogP contribution in [0.25, 0.3) is 0 Å². The van der Waals surface area contributed by atoms with E-state index in [9.17, 15) is 39.6 Å². The Kier molecular flexibility index (Phi) is 33.4. The van der Waals surface area contributed by atoms with Crippen LogP contribution in [-0.2, 0) is 114 Å². The second kappa shape index (κ2) is 42.8. The molecule has 129 heavy (non-hydrogen) atoms. The average molecular weight is 1810 g/mol. The molecule has 0 aromatic carbocycles. The molecule has 30 heteroatoms. The van der Waals surface area contributed by atoms with E-state index < -0.39 is 169 Å². The van der Waals surface area contributed by atoms with Gasteiger partial charge < -0.3 is 126 Å². The third kappa shape index (κ3) is 22.2. The van der Waals surface area contributed by atoms with Gasteiger partial charge in [-0.1, -0.05) is 135 Å².